The van der Waals surface area contributed by atoms with Crippen molar-refractivity contribution in [2.45, 2.75) is 51.0 Å². The second-order valence-electron chi connectivity index (χ2n) is 6.07. The van der Waals surface area contributed by atoms with Gasteiger partial charge in [-0.2, -0.15) is 9.97 Å². The third-order valence-corrected chi connectivity index (χ3v) is 4.19. The molecule has 0 aromatic carbocycles. The molecule has 0 spiro atoms. The molecule has 0 radical (unpaired) electrons. The Bertz CT molecular complexity index is 618. The van der Waals surface area contributed by atoms with Crippen LogP contribution in [0, 0.1) is 6.92 Å². The van der Waals surface area contributed by atoms with E-state index in [1.165, 1.54) is 12.8 Å². The van der Waals surface area contributed by atoms with Crippen molar-refractivity contribution < 1.29 is 9.05 Å². The lowest BCUT2D eigenvalue weighted by atomic mass is 9.97. The average molecular weight is 289 g/mol. The zero-order chi connectivity index (χ0) is 14.2. The Hall–Kier alpha value is -1.76. The van der Waals surface area contributed by atoms with E-state index in [4.69, 9.17) is 9.05 Å². The normalized spacial score (nSPS) is 23.6. The zero-order valence-corrected chi connectivity index (χ0v) is 12.2. The maximum atomic E-state index is 5.38. The van der Waals surface area contributed by atoms with Gasteiger partial charge in [0.1, 0.15) is 0 Å². The topological polar surface area (TPSA) is 81.1 Å². The summed E-state index contributed by atoms with van der Waals surface area (Å²) in [5.41, 5.74) is 0. The van der Waals surface area contributed by atoms with Gasteiger partial charge >= 0.3 is 0 Å². The summed E-state index contributed by atoms with van der Waals surface area (Å²) in [6, 6.07) is 0. The van der Waals surface area contributed by atoms with Gasteiger partial charge in [-0.05, 0) is 32.2 Å². The largest absolute Gasteiger partial charge is 0.340 e. The standard InChI is InChI=1S/C14H19N5O2/c1-9-15-12(17-20-9)8-19-6-2-3-11(7-19)13-16-14(21-18-13)10-4-5-10/h10-11H,2-8H2,1H3/t11-/m1/s1. The quantitative estimate of drug-likeness (QED) is 0.851. The summed E-state index contributed by atoms with van der Waals surface area (Å²) in [4.78, 5) is 11.2. The number of hydrogen-bond donors (Lipinski definition) is 0. The zero-order valence-electron chi connectivity index (χ0n) is 12.2. The van der Waals surface area contributed by atoms with Crippen LogP contribution in [-0.4, -0.2) is 38.3 Å². The van der Waals surface area contributed by atoms with Crippen LogP contribution in [0.2, 0.25) is 0 Å². The van der Waals surface area contributed by atoms with Crippen LogP contribution in [0.5, 0.6) is 0 Å². The summed E-state index contributed by atoms with van der Waals surface area (Å²) in [6.07, 6.45) is 4.63. The Kier molecular flexibility index (Phi) is 3.21. The van der Waals surface area contributed by atoms with E-state index >= 15 is 0 Å². The van der Waals surface area contributed by atoms with Crippen molar-refractivity contribution in [3.8, 4) is 0 Å². The second kappa shape index (κ2) is 5.22. The van der Waals surface area contributed by atoms with Gasteiger partial charge in [-0.3, -0.25) is 4.90 Å². The first-order valence-corrected chi connectivity index (χ1v) is 7.63. The number of likely N-dealkylation sites (tertiary alicyclic amines) is 1. The van der Waals surface area contributed by atoms with E-state index in [1.807, 2.05) is 6.92 Å². The molecule has 7 nitrogen and oxygen atoms in total. The second-order valence-corrected chi connectivity index (χ2v) is 6.07. The highest BCUT2D eigenvalue weighted by atomic mass is 16.5. The molecule has 1 atom stereocenters. The van der Waals surface area contributed by atoms with Gasteiger partial charge in [0, 0.05) is 25.3 Å². The highest BCUT2D eigenvalue weighted by Gasteiger charge is 2.32. The van der Waals surface area contributed by atoms with Gasteiger partial charge in [-0.25, -0.2) is 0 Å². The molecule has 21 heavy (non-hydrogen) atoms. The molecule has 112 valence electrons. The highest BCUT2D eigenvalue weighted by molar-refractivity contribution is 5.05. The summed E-state index contributed by atoms with van der Waals surface area (Å²) in [6.45, 7) is 4.52. The van der Waals surface area contributed by atoms with E-state index < -0.39 is 0 Å². The van der Waals surface area contributed by atoms with E-state index in [0.29, 0.717) is 17.7 Å². The Balaban J connectivity index is 1.41. The lowest BCUT2D eigenvalue weighted by Gasteiger charge is -2.30. The van der Waals surface area contributed by atoms with Crippen molar-refractivity contribution >= 4 is 0 Å². The van der Waals surface area contributed by atoms with Crippen molar-refractivity contribution in [2.75, 3.05) is 13.1 Å². The fourth-order valence-corrected chi connectivity index (χ4v) is 2.92. The maximum Gasteiger partial charge on any atom is 0.229 e. The third-order valence-electron chi connectivity index (χ3n) is 4.19. The number of aromatic nitrogens is 4. The molecule has 4 rings (SSSR count). The molecule has 0 bridgehead atoms. The lowest BCUT2D eigenvalue weighted by Crippen LogP contribution is -2.34. The number of rotatable bonds is 4. The predicted molar refractivity (Wildman–Crippen MR) is 72.6 cm³/mol. The van der Waals surface area contributed by atoms with Crippen LogP contribution in [0.1, 0.15) is 60.9 Å². The van der Waals surface area contributed by atoms with Crippen LogP contribution in [0.3, 0.4) is 0 Å². The summed E-state index contributed by atoms with van der Waals surface area (Å²) >= 11 is 0. The van der Waals surface area contributed by atoms with Gasteiger partial charge < -0.3 is 9.05 Å². The molecular weight excluding hydrogens is 270 g/mol. The Labute approximate surface area is 122 Å². The lowest BCUT2D eigenvalue weighted by molar-refractivity contribution is 0.188. The molecule has 1 saturated carbocycles. The molecule has 3 heterocycles. The Morgan fingerprint density at radius 1 is 1.10 bits per heavy atom. The third kappa shape index (κ3) is 2.83. The van der Waals surface area contributed by atoms with Gasteiger partial charge in [0.05, 0.1) is 6.54 Å². The first-order valence-electron chi connectivity index (χ1n) is 7.63. The maximum absolute atomic E-state index is 5.38. The predicted octanol–water partition coefficient (Wildman–Crippen LogP) is 2.02. The van der Waals surface area contributed by atoms with Crippen LogP contribution < -0.4 is 0 Å². The van der Waals surface area contributed by atoms with E-state index in [0.717, 1.165) is 50.0 Å². The molecule has 1 saturated heterocycles. The summed E-state index contributed by atoms with van der Waals surface area (Å²) < 4.78 is 10.4. The molecule has 2 aromatic rings. The molecule has 7 heteroatoms. The molecule has 1 aliphatic heterocycles. The highest BCUT2D eigenvalue weighted by Crippen LogP contribution is 2.39. The van der Waals surface area contributed by atoms with Crippen molar-refractivity contribution in [3.05, 3.63) is 23.4 Å². The summed E-state index contributed by atoms with van der Waals surface area (Å²) in [5.74, 6) is 3.93. The van der Waals surface area contributed by atoms with Crippen molar-refractivity contribution in [1.82, 2.24) is 25.2 Å². The first kappa shape index (κ1) is 12.9. The minimum Gasteiger partial charge on any atom is -0.340 e. The molecule has 0 unspecified atom stereocenters. The van der Waals surface area contributed by atoms with Crippen LogP contribution >= 0.6 is 0 Å². The molecular formula is C14H19N5O2. The van der Waals surface area contributed by atoms with E-state index in [1.54, 1.807) is 0 Å². The Morgan fingerprint density at radius 3 is 2.76 bits per heavy atom. The SMILES string of the molecule is Cc1nc(CN2CCC[C@@H](c3noc(C4CC4)n3)C2)no1. The van der Waals surface area contributed by atoms with Gasteiger partial charge in [0.2, 0.25) is 11.8 Å². The van der Waals surface area contributed by atoms with E-state index in [-0.39, 0.29) is 0 Å². The smallest absolute Gasteiger partial charge is 0.229 e. The number of hydrogen-bond acceptors (Lipinski definition) is 7. The number of nitrogens with zero attached hydrogens (tertiary/aromatic N) is 5. The fourth-order valence-electron chi connectivity index (χ4n) is 2.92. The van der Waals surface area contributed by atoms with Crippen LogP contribution in [0.15, 0.2) is 9.05 Å². The summed E-state index contributed by atoms with van der Waals surface area (Å²) in [7, 11) is 0. The average Bonchev–Trinajstić information content (AvgIpc) is 3.07. The number of aryl methyl sites for hydroxylation is 1. The van der Waals surface area contributed by atoms with Crippen molar-refractivity contribution in [1.29, 1.82) is 0 Å². The monoisotopic (exact) mass is 289 g/mol. The van der Waals surface area contributed by atoms with Crippen molar-refractivity contribution in [3.63, 3.8) is 0 Å². The summed E-state index contributed by atoms with van der Waals surface area (Å²) in [5, 5.41) is 8.15. The number of piperidine rings is 1. The van der Waals surface area contributed by atoms with Crippen LogP contribution in [0.25, 0.3) is 0 Å². The molecule has 1 aliphatic carbocycles. The van der Waals surface area contributed by atoms with Crippen LogP contribution in [-0.2, 0) is 6.54 Å². The van der Waals surface area contributed by atoms with Gasteiger partial charge in [-0.1, -0.05) is 10.3 Å². The molecule has 2 aromatic heterocycles. The minimum atomic E-state index is 0.350. The Morgan fingerprint density at radius 2 is 2.00 bits per heavy atom. The molecule has 0 N–H and O–H groups in total. The fraction of sp³-hybridized carbons (Fsp3) is 0.714. The van der Waals surface area contributed by atoms with Gasteiger partial charge in [0.25, 0.3) is 0 Å². The van der Waals surface area contributed by atoms with Gasteiger partial charge in [-0.15, -0.1) is 0 Å². The molecule has 2 aliphatic rings. The van der Waals surface area contributed by atoms with Crippen LogP contribution in [0.4, 0.5) is 0 Å². The minimum absolute atomic E-state index is 0.350. The molecule has 0 amide bonds. The molecule has 2 fully saturated rings. The van der Waals surface area contributed by atoms with E-state index in [2.05, 4.69) is 25.2 Å². The first-order chi connectivity index (χ1) is 10.3. The van der Waals surface area contributed by atoms with Crippen molar-refractivity contribution in [2.24, 2.45) is 0 Å². The van der Waals surface area contributed by atoms with E-state index in [9.17, 15) is 0 Å². The van der Waals surface area contributed by atoms with Gasteiger partial charge in [0.15, 0.2) is 11.6 Å².